The van der Waals surface area contributed by atoms with Crippen LogP contribution < -0.4 is 0 Å². The lowest BCUT2D eigenvalue weighted by molar-refractivity contribution is 0.188. The summed E-state index contributed by atoms with van der Waals surface area (Å²) < 4.78 is 2.76. The Morgan fingerprint density at radius 3 is 2.80 bits per heavy atom. The van der Waals surface area contributed by atoms with Crippen LogP contribution in [0.15, 0.2) is 10.7 Å². The van der Waals surface area contributed by atoms with Gasteiger partial charge < -0.3 is 5.11 Å². The van der Waals surface area contributed by atoms with Gasteiger partial charge in [0.15, 0.2) is 0 Å². The molecule has 3 nitrogen and oxygen atoms in total. The lowest BCUT2D eigenvalue weighted by Gasteiger charge is -2.16. The highest BCUT2D eigenvalue weighted by Gasteiger charge is 2.18. The minimum Gasteiger partial charge on any atom is -0.386 e. The van der Waals surface area contributed by atoms with Crippen molar-refractivity contribution in [1.82, 2.24) is 9.78 Å². The van der Waals surface area contributed by atoms with E-state index in [0.29, 0.717) is 5.75 Å². The third-order valence-electron chi connectivity index (χ3n) is 2.07. The third-order valence-corrected chi connectivity index (χ3v) is 3.64. The fourth-order valence-corrected chi connectivity index (χ4v) is 2.54. The van der Waals surface area contributed by atoms with Crippen molar-refractivity contribution in [1.29, 1.82) is 0 Å². The van der Waals surface area contributed by atoms with Crippen LogP contribution in [0.2, 0.25) is 0 Å². The zero-order chi connectivity index (χ0) is 11.4. The Morgan fingerprint density at radius 1 is 1.60 bits per heavy atom. The van der Waals surface area contributed by atoms with Crippen molar-refractivity contribution in [3.8, 4) is 0 Å². The number of aromatic nitrogens is 2. The van der Waals surface area contributed by atoms with Gasteiger partial charge in [0.25, 0.3) is 0 Å². The molecule has 1 atom stereocenters. The highest BCUT2D eigenvalue weighted by atomic mass is 79.9. The van der Waals surface area contributed by atoms with Gasteiger partial charge in [-0.3, -0.25) is 4.68 Å². The molecular weight excluding hydrogens is 276 g/mol. The molecule has 0 spiro atoms. The van der Waals surface area contributed by atoms with Crippen LogP contribution in [-0.4, -0.2) is 26.4 Å². The molecular formula is C10H17BrN2OS. The molecule has 86 valence electrons. The van der Waals surface area contributed by atoms with E-state index in [1.54, 1.807) is 18.0 Å². The van der Waals surface area contributed by atoms with Crippen LogP contribution in [0.1, 0.15) is 38.6 Å². The number of rotatable bonds is 5. The van der Waals surface area contributed by atoms with Crippen LogP contribution >= 0.6 is 27.7 Å². The summed E-state index contributed by atoms with van der Waals surface area (Å²) in [6, 6.07) is 0.271. The van der Waals surface area contributed by atoms with Gasteiger partial charge in [-0.1, -0.05) is 6.92 Å². The van der Waals surface area contributed by atoms with E-state index in [4.69, 9.17) is 0 Å². The molecule has 0 fully saturated rings. The Hall–Kier alpha value is 0. The molecule has 0 aliphatic rings. The zero-order valence-electron chi connectivity index (χ0n) is 9.27. The van der Waals surface area contributed by atoms with Gasteiger partial charge in [0.05, 0.1) is 16.4 Å². The number of thioether (sulfide) groups is 1. The first kappa shape index (κ1) is 13.1. The van der Waals surface area contributed by atoms with Crippen molar-refractivity contribution >= 4 is 27.7 Å². The largest absolute Gasteiger partial charge is 0.386 e. The number of aliphatic hydroxyl groups excluding tert-OH is 1. The molecule has 0 radical (unpaired) electrons. The van der Waals surface area contributed by atoms with Crippen molar-refractivity contribution in [2.24, 2.45) is 0 Å². The maximum Gasteiger partial charge on any atom is 0.106 e. The van der Waals surface area contributed by atoms with Crippen LogP contribution in [-0.2, 0) is 0 Å². The first-order chi connectivity index (χ1) is 7.07. The molecule has 1 aromatic heterocycles. The predicted octanol–water partition coefficient (Wildman–Crippen LogP) is 3.01. The van der Waals surface area contributed by atoms with Gasteiger partial charge in [-0.25, -0.2) is 0 Å². The van der Waals surface area contributed by atoms with Gasteiger partial charge in [-0.15, -0.1) is 0 Å². The van der Waals surface area contributed by atoms with Gasteiger partial charge in [-0.05, 0) is 35.5 Å². The van der Waals surface area contributed by atoms with Crippen LogP contribution in [0.5, 0.6) is 0 Å². The standard InChI is InChI=1S/C10H17BrN2OS/c1-4-15-6-9(14)10-8(11)5-12-13(10)7(2)3/h5,7,9,14H,4,6H2,1-3H3. The molecule has 0 aromatic carbocycles. The van der Waals surface area contributed by atoms with Crippen LogP contribution in [0, 0.1) is 0 Å². The summed E-state index contributed by atoms with van der Waals surface area (Å²) in [7, 11) is 0. The van der Waals surface area contributed by atoms with E-state index in [1.807, 2.05) is 4.68 Å². The van der Waals surface area contributed by atoms with Gasteiger partial charge >= 0.3 is 0 Å². The van der Waals surface area contributed by atoms with E-state index >= 15 is 0 Å². The summed E-state index contributed by atoms with van der Waals surface area (Å²) in [5, 5.41) is 14.3. The van der Waals surface area contributed by atoms with Crippen molar-refractivity contribution in [3.63, 3.8) is 0 Å². The maximum atomic E-state index is 10.0. The zero-order valence-corrected chi connectivity index (χ0v) is 11.7. The second-order valence-electron chi connectivity index (χ2n) is 3.59. The number of nitrogens with zero attached hydrogens (tertiary/aromatic N) is 2. The lowest BCUT2D eigenvalue weighted by atomic mass is 10.2. The van der Waals surface area contributed by atoms with Crippen molar-refractivity contribution in [3.05, 3.63) is 16.4 Å². The number of hydrogen-bond acceptors (Lipinski definition) is 3. The Bertz CT molecular complexity index is 314. The molecule has 1 heterocycles. The van der Waals surface area contributed by atoms with Gasteiger partial charge in [-0.2, -0.15) is 16.9 Å². The highest BCUT2D eigenvalue weighted by Crippen LogP contribution is 2.27. The van der Waals surface area contributed by atoms with Crippen LogP contribution in [0.3, 0.4) is 0 Å². The maximum absolute atomic E-state index is 10.0. The van der Waals surface area contributed by atoms with Gasteiger partial charge in [0.1, 0.15) is 6.10 Å². The molecule has 5 heteroatoms. The summed E-state index contributed by atoms with van der Waals surface area (Å²) in [5.74, 6) is 1.73. The Labute approximate surface area is 103 Å². The summed E-state index contributed by atoms with van der Waals surface area (Å²) >= 11 is 5.16. The fourth-order valence-electron chi connectivity index (χ4n) is 1.38. The van der Waals surface area contributed by atoms with Crippen molar-refractivity contribution in [2.45, 2.75) is 32.9 Å². The third kappa shape index (κ3) is 3.23. The molecule has 0 amide bonds. The first-order valence-corrected chi connectivity index (χ1v) is 7.01. The summed E-state index contributed by atoms with van der Waals surface area (Å²) in [6.07, 6.45) is 1.30. The molecule has 1 unspecified atom stereocenters. The topological polar surface area (TPSA) is 38.1 Å². The SMILES string of the molecule is CCSCC(O)c1c(Br)cnn1C(C)C. The minimum absolute atomic E-state index is 0.271. The van der Waals surface area contributed by atoms with E-state index in [-0.39, 0.29) is 6.04 Å². The second kappa shape index (κ2) is 5.92. The normalized spacial score (nSPS) is 13.5. The molecule has 0 bridgehead atoms. The number of aliphatic hydroxyl groups is 1. The van der Waals surface area contributed by atoms with E-state index < -0.39 is 6.10 Å². The summed E-state index contributed by atoms with van der Waals surface area (Å²) in [5.41, 5.74) is 0.881. The van der Waals surface area contributed by atoms with E-state index in [2.05, 4.69) is 41.8 Å². The van der Waals surface area contributed by atoms with Gasteiger partial charge in [0, 0.05) is 11.8 Å². The number of hydrogen-bond donors (Lipinski definition) is 1. The van der Waals surface area contributed by atoms with Crippen LogP contribution in [0.4, 0.5) is 0 Å². The fraction of sp³-hybridized carbons (Fsp3) is 0.700. The van der Waals surface area contributed by atoms with Crippen molar-refractivity contribution < 1.29 is 5.11 Å². The monoisotopic (exact) mass is 292 g/mol. The molecule has 0 aliphatic heterocycles. The first-order valence-electron chi connectivity index (χ1n) is 5.06. The average molecular weight is 293 g/mol. The molecule has 15 heavy (non-hydrogen) atoms. The quantitative estimate of drug-likeness (QED) is 0.907. The molecule has 1 aromatic rings. The Balaban J connectivity index is 2.85. The summed E-state index contributed by atoms with van der Waals surface area (Å²) in [6.45, 7) is 6.21. The van der Waals surface area contributed by atoms with E-state index in [9.17, 15) is 5.11 Å². The molecule has 0 saturated carbocycles. The summed E-state index contributed by atoms with van der Waals surface area (Å²) in [4.78, 5) is 0. The molecule has 0 aliphatic carbocycles. The van der Waals surface area contributed by atoms with E-state index in [1.165, 1.54) is 0 Å². The van der Waals surface area contributed by atoms with Gasteiger partial charge in [0.2, 0.25) is 0 Å². The number of halogens is 1. The lowest BCUT2D eigenvalue weighted by Crippen LogP contribution is -2.13. The highest BCUT2D eigenvalue weighted by molar-refractivity contribution is 9.10. The Morgan fingerprint density at radius 2 is 2.27 bits per heavy atom. The Kier molecular flexibility index (Phi) is 5.15. The smallest absolute Gasteiger partial charge is 0.106 e. The van der Waals surface area contributed by atoms with Crippen LogP contribution in [0.25, 0.3) is 0 Å². The molecule has 1 rings (SSSR count). The minimum atomic E-state index is -0.450. The average Bonchev–Trinajstić information content (AvgIpc) is 2.56. The van der Waals surface area contributed by atoms with Crippen molar-refractivity contribution in [2.75, 3.05) is 11.5 Å². The second-order valence-corrected chi connectivity index (χ2v) is 5.76. The molecule has 0 saturated heterocycles. The predicted molar refractivity (Wildman–Crippen MR) is 68.3 cm³/mol. The molecule has 1 N–H and O–H groups in total. The van der Waals surface area contributed by atoms with E-state index in [0.717, 1.165) is 15.9 Å².